The molecule has 0 radical (unpaired) electrons. The average molecular weight is 276 g/mol. The van der Waals surface area contributed by atoms with Crippen LogP contribution in [0.15, 0.2) is 18.2 Å². The maximum absolute atomic E-state index is 12.0. The normalized spacial score (nSPS) is 17.1. The van der Waals surface area contributed by atoms with Crippen molar-refractivity contribution in [2.75, 3.05) is 25.0 Å². The maximum atomic E-state index is 12.0. The number of nitrogens with zero attached hydrogens (tertiary/aromatic N) is 1. The van der Waals surface area contributed by atoms with Gasteiger partial charge in [0.15, 0.2) is 6.61 Å². The number of carbonyl (C=O) groups excluding carboxylic acids is 1. The van der Waals surface area contributed by atoms with Crippen molar-refractivity contribution in [1.29, 1.82) is 0 Å². The summed E-state index contributed by atoms with van der Waals surface area (Å²) < 4.78 is 5.75. The topological polar surface area (TPSA) is 41.6 Å². The lowest BCUT2D eigenvalue weighted by molar-refractivity contribution is -0.132. The highest BCUT2D eigenvalue weighted by Gasteiger charge is 2.18. The number of likely N-dealkylation sites (N-methyl/N-ethyl adjacent to an activating group) is 1. The van der Waals surface area contributed by atoms with E-state index in [0.29, 0.717) is 6.04 Å². The zero-order valence-corrected chi connectivity index (χ0v) is 12.6. The van der Waals surface area contributed by atoms with Gasteiger partial charge in [0.2, 0.25) is 0 Å². The number of anilines is 1. The van der Waals surface area contributed by atoms with Crippen LogP contribution in [-0.4, -0.2) is 36.5 Å². The van der Waals surface area contributed by atoms with E-state index in [2.05, 4.69) is 18.3 Å². The third kappa shape index (κ3) is 3.24. The lowest BCUT2D eigenvalue weighted by atomic mass is 9.98. The molecule has 4 nitrogen and oxygen atoms in total. The van der Waals surface area contributed by atoms with Gasteiger partial charge in [-0.2, -0.15) is 0 Å². The van der Waals surface area contributed by atoms with Gasteiger partial charge in [-0.1, -0.05) is 12.1 Å². The standard InChI is InChI=1S/C16H24N2O2/c1-4-18(5-2)15(19)11-20-14-8-6-7-13-10-9-12(3)17-16(13)14/h6-8,12,17H,4-5,9-11H2,1-3H3. The fourth-order valence-electron chi connectivity index (χ4n) is 2.57. The molecule has 0 spiro atoms. The van der Waals surface area contributed by atoms with Crippen molar-refractivity contribution in [2.24, 2.45) is 0 Å². The van der Waals surface area contributed by atoms with Gasteiger partial charge in [0.1, 0.15) is 5.75 Å². The molecule has 1 aliphatic heterocycles. The molecule has 110 valence electrons. The van der Waals surface area contributed by atoms with E-state index < -0.39 is 0 Å². The molecule has 4 heteroatoms. The maximum Gasteiger partial charge on any atom is 0.260 e. The molecule has 1 atom stereocenters. The van der Waals surface area contributed by atoms with Gasteiger partial charge in [0, 0.05) is 19.1 Å². The summed E-state index contributed by atoms with van der Waals surface area (Å²) in [6.45, 7) is 7.68. The lowest BCUT2D eigenvalue weighted by Gasteiger charge is -2.26. The fraction of sp³-hybridized carbons (Fsp3) is 0.562. The number of hydrogen-bond acceptors (Lipinski definition) is 3. The van der Waals surface area contributed by atoms with Crippen LogP contribution in [0.4, 0.5) is 5.69 Å². The van der Waals surface area contributed by atoms with Crippen molar-refractivity contribution in [3.8, 4) is 5.75 Å². The van der Waals surface area contributed by atoms with E-state index in [9.17, 15) is 4.79 Å². The van der Waals surface area contributed by atoms with Crippen LogP contribution in [0.1, 0.15) is 32.8 Å². The van der Waals surface area contributed by atoms with Crippen LogP contribution in [0, 0.1) is 0 Å². The summed E-state index contributed by atoms with van der Waals surface area (Å²) in [4.78, 5) is 13.8. The Labute approximate surface area is 121 Å². The van der Waals surface area contributed by atoms with E-state index in [4.69, 9.17) is 4.74 Å². The molecule has 0 saturated heterocycles. The molecule has 1 aliphatic rings. The molecule has 0 aromatic heterocycles. The first-order chi connectivity index (χ1) is 9.65. The third-order valence-electron chi connectivity index (χ3n) is 3.82. The average Bonchev–Trinajstić information content (AvgIpc) is 2.46. The fourth-order valence-corrected chi connectivity index (χ4v) is 2.57. The molecule has 2 rings (SSSR count). The van der Waals surface area contributed by atoms with Gasteiger partial charge in [0.05, 0.1) is 5.69 Å². The second-order valence-corrected chi connectivity index (χ2v) is 5.23. The van der Waals surface area contributed by atoms with E-state index >= 15 is 0 Å². The molecule has 0 bridgehead atoms. The van der Waals surface area contributed by atoms with Crippen LogP contribution in [0.5, 0.6) is 5.75 Å². The van der Waals surface area contributed by atoms with Crippen LogP contribution in [-0.2, 0) is 11.2 Å². The molecule has 1 aromatic carbocycles. The Balaban J connectivity index is 2.05. The molecule has 1 unspecified atom stereocenters. The largest absolute Gasteiger partial charge is 0.482 e. The minimum absolute atomic E-state index is 0.0384. The van der Waals surface area contributed by atoms with Crippen molar-refractivity contribution >= 4 is 11.6 Å². The molecule has 1 aromatic rings. The SMILES string of the molecule is CCN(CC)C(=O)COc1cccc2c1NC(C)CC2. The number of aryl methyl sites for hydroxylation is 1. The minimum atomic E-state index is 0.0384. The Morgan fingerprint density at radius 2 is 2.15 bits per heavy atom. The first-order valence-corrected chi connectivity index (χ1v) is 7.44. The second-order valence-electron chi connectivity index (χ2n) is 5.23. The summed E-state index contributed by atoms with van der Waals surface area (Å²) in [5, 5.41) is 3.46. The Morgan fingerprint density at radius 3 is 2.85 bits per heavy atom. The van der Waals surface area contributed by atoms with Crippen molar-refractivity contribution in [1.82, 2.24) is 4.90 Å². The van der Waals surface area contributed by atoms with E-state index in [0.717, 1.165) is 37.4 Å². The van der Waals surface area contributed by atoms with Gasteiger partial charge in [0.25, 0.3) is 5.91 Å². The van der Waals surface area contributed by atoms with Gasteiger partial charge >= 0.3 is 0 Å². The predicted molar refractivity (Wildman–Crippen MR) is 81.3 cm³/mol. The number of nitrogens with one attached hydrogen (secondary N) is 1. The van der Waals surface area contributed by atoms with Crippen molar-refractivity contribution in [2.45, 2.75) is 39.7 Å². The first kappa shape index (κ1) is 14.7. The highest BCUT2D eigenvalue weighted by Crippen LogP contribution is 2.33. The molecule has 0 saturated carbocycles. The van der Waals surface area contributed by atoms with E-state index in [1.807, 2.05) is 26.0 Å². The Hall–Kier alpha value is -1.71. The van der Waals surface area contributed by atoms with Crippen molar-refractivity contribution < 1.29 is 9.53 Å². The van der Waals surface area contributed by atoms with Crippen molar-refractivity contribution in [3.05, 3.63) is 23.8 Å². The zero-order chi connectivity index (χ0) is 14.5. The van der Waals surface area contributed by atoms with Crippen molar-refractivity contribution in [3.63, 3.8) is 0 Å². The van der Waals surface area contributed by atoms with Gasteiger partial charge < -0.3 is 15.0 Å². The zero-order valence-electron chi connectivity index (χ0n) is 12.6. The minimum Gasteiger partial charge on any atom is -0.482 e. The number of amides is 1. The summed E-state index contributed by atoms with van der Waals surface area (Å²) in [5.74, 6) is 0.825. The summed E-state index contributed by atoms with van der Waals surface area (Å²) in [7, 11) is 0. The van der Waals surface area contributed by atoms with Gasteiger partial charge in [-0.3, -0.25) is 4.79 Å². The quantitative estimate of drug-likeness (QED) is 0.899. The smallest absolute Gasteiger partial charge is 0.260 e. The highest BCUT2D eigenvalue weighted by atomic mass is 16.5. The number of carbonyl (C=O) groups is 1. The van der Waals surface area contributed by atoms with E-state index in [-0.39, 0.29) is 12.5 Å². The molecule has 0 aliphatic carbocycles. The van der Waals surface area contributed by atoms with Gasteiger partial charge in [-0.05, 0) is 45.2 Å². The summed E-state index contributed by atoms with van der Waals surface area (Å²) in [5.41, 5.74) is 2.33. The number of hydrogen-bond donors (Lipinski definition) is 1. The van der Waals surface area contributed by atoms with Crippen LogP contribution >= 0.6 is 0 Å². The summed E-state index contributed by atoms with van der Waals surface area (Å²) >= 11 is 0. The van der Waals surface area contributed by atoms with E-state index in [1.54, 1.807) is 4.90 Å². The number of rotatable bonds is 5. The van der Waals surface area contributed by atoms with Gasteiger partial charge in [-0.15, -0.1) is 0 Å². The molecule has 1 amide bonds. The number of fused-ring (bicyclic) bond motifs is 1. The lowest BCUT2D eigenvalue weighted by Crippen LogP contribution is -2.34. The van der Waals surface area contributed by atoms with E-state index in [1.165, 1.54) is 5.56 Å². The highest BCUT2D eigenvalue weighted by molar-refractivity contribution is 5.78. The summed E-state index contributed by atoms with van der Waals surface area (Å²) in [6.07, 6.45) is 2.19. The first-order valence-electron chi connectivity index (χ1n) is 7.44. The number of benzene rings is 1. The van der Waals surface area contributed by atoms with Crippen LogP contribution < -0.4 is 10.1 Å². The molecule has 0 fully saturated rings. The summed E-state index contributed by atoms with van der Waals surface area (Å²) in [6, 6.07) is 6.49. The monoisotopic (exact) mass is 276 g/mol. The molecule has 1 heterocycles. The molecular formula is C16H24N2O2. The third-order valence-corrected chi connectivity index (χ3v) is 3.82. The number of ether oxygens (including phenoxy) is 1. The van der Waals surface area contributed by atoms with Crippen LogP contribution in [0.3, 0.4) is 0 Å². The number of para-hydroxylation sites is 1. The Morgan fingerprint density at radius 1 is 1.40 bits per heavy atom. The molecule has 20 heavy (non-hydrogen) atoms. The molecule has 1 N–H and O–H groups in total. The predicted octanol–water partition coefficient (Wildman–Crippen LogP) is 2.68. The van der Waals surface area contributed by atoms with Gasteiger partial charge in [-0.25, -0.2) is 0 Å². The second kappa shape index (κ2) is 6.64. The molecular weight excluding hydrogens is 252 g/mol. The Kier molecular flexibility index (Phi) is 4.88. The Bertz CT molecular complexity index is 470. The van der Waals surface area contributed by atoms with Crippen LogP contribution in [0.2, 0.25) is 0 Å². The van der Waals surface area contributed by atoms with Crippen LogP contribution in [0.25, 0.3) is 0 Å².